The lowest BCUT2D eigenvalue weighted by molar-refractivity contribution is 0.0982. The summed E-state index contributed by atoms with van der Waals surface area (Å²) in [6.07, 6.45) is 0. The third kappa shape index (κ3) is 2.35. The molecule has 1 rings (SSSR count). The number of hydrogen-bond donors (Lipinski definition) is 1. The maximum absolute atomic E-state index is 11.5. The number of rotatable bonds is 4. The lowest BCUT2D eigenvalue weighted by atomic mass is 10.3. The summed E-state index contributed by atoms with van der Waals surface area (Å²) in [4.78, 5) is 11.5. The first kappa shape index (κ1) is 10.3. The van der Waals surface area contributed by atoms with Crippen LogP contribution in [0.1, 0.15) is 17.4 Å². The van der Waals surface area contributed by atoms with Crippen LogP contribution in [0.15, 0.2) is 4.60 Å². The van der Waals surface area contributed by atoms with E-state index in [1.165, 1.54) is 4.68 Å². The van der Waals surface area contributed by atoms with Gasteiger partial charge in [-0.25, -0.2) is 4.68 Å². The zero-order valence-electron chi connectivity index (χ0n) is 7.54. The molecule has 0 atom stereocenters. The first-order valence-electron chi connectivity index (χ1n) is 3.96. The monoisotopic (exact) mass is 246 g/mol. The van der Waals surface area contributed by atoms with Crippen molar-refractivity contribution >= 4 is 21.7 Å². The second kappa shape index (κ2) is 4.48. The van der Waals surface area contributed by atoms with E-state index in [2.05, 4.69) is 31.6 Å². The van der Waals surface area contributed by atoms with Gasteiger partial charge in [-0.05, 0) is 22.5 Å². The van der Waals surface area contributed by atoms with Crippen molar-refractivity contribution in [1.29, 1.82) is 0 Å². The van der Waals surface area contributed by atoms with Crippen LogP contribution >= 0.6 is 15.9 Å². The summed E-state index contributed by atoms with van der Waals surface area (Å²) in [5, 5.41) is 10.4. The van der Waals surface area contributed by atoms with Crippen molar-refractivity contribution in [3.63, 3.8) is 0 Å². The number of carbonyl (C=O) groups excluding carboxylic acids is 1. The van der Waals surface area contributed by atoms with E-state index < -0.39 is 0 Å². The van der Waals surface area contributed by atoms with E-state index in [-0.39, 0.29) is 5.78 Å². The molecule has 1 aromatic rings. The van der Waals surface area contributed by atoms with E-state index in [1.54, 1.807) is 7.05 Å². The Kier molecular flexibility index (Phi) is 3.56. The normalized spacial score (nSPS) is 10.4. The van der Waals surface area contributed by atoms with Gasteiger partial charge in [0.05, 0.1) is 6.54 Å². The molecule has 0 spiro atoms. The minimum Gasteiger partial charge on any atom is -0.310 e. The van der Waals surface area contributed by atoms with Crippen LogP contribution in [0.5, 0.6) is 0 Å². The molecule has 1 N–H and O–H groups in total. The predicted octanol–water partition coefficient (Wildman–Crippen LogP) is 0.370. The number of halogens is 1. The average molecular weight is 247 g/mol. The highest BCUT2D eigenvalue weighted by atomic mass is 79.9. The Labute approximate surface area is 84.6 Å². The fraction of sp³-hybridized carbons (Fsp3) is 0.571. The van der Waals surface area contributed by atoms with E-state index in [9.17, 15) is 4.79 Å². The van der Waals surface area contributed by atoms with E-state index in [4.69, 9.17) is 0 Å². The summed E-state index contributed by atoms with van der Waals surface area (Å²) >= 11 is 3.17. The van der Waals surface area contributed by atoms with Gasteiger partial charge in [-0.3, -0.25) is 4.79 Å². The van der Waals surface area contributed by atoms with Crippen molar-refractivity contribution < 1.29 is 4.79 Å². The maximum Gasteiger partial charge on any atom is 0.197 e. The van der Waals surface area contributed by atoms with Crippen LogP contribution < -0.4 is 5.32 Å². The number of nitrogens with zero attached hydrogens (tertiary/aromatic N) is 3. The number of ketones is 1. The molecule has 0 radical (unpaired) electrons. The highest BCUT2D eigenvalue weighted by Crippen LogP contribution is 2.11. The van der Waals surface area contributed by atoms with Crippen molar-refractivity contribution in [3.8, 4) is 0 Å². The van der Waals surface area contributed by atoms with Gasteiger partial charge < -0.3 is 5.32 Å². The number of likely N-dealkylation sites (N-methyl/N-ethyl adjacent to an activating group) is 1. The molecular formula is C7H11BrN4O. The van der Waals surface area contributed by atoms with Crippen molar-refractivity contribution in [2.24, 2.45) is 7.05 Å². The van der Waals surface area contributed by atoms with Crippen molar-refractivity contribution in [3.05, 3.63) is 10.3 Å². The molecule has 0 aromatic carbocycles. The zero-order chi connectivity index (χ0) is 9.84. The molecular weight excluding hydrogens is 236 g/mol. The summed E-state index contributed by atoms with van der Waals surface area (Å²) in [5.74, 6) is -0.0128. The smallest absolute Gasteiger partial charge is 0.197 e. The fourth-order valence-electron chi connectivity index (χ4n) is 0.950. The molecule has 0 fully saturated rings. The molecule has 0 amide bonds. The minimum absolute atomic E-state index is 0.0128. The summed E-state index contributed by atoms with van der Waals surface area (Å²) in [6, 6.07) is 0. The Balaban J connectivity index is 2.76. The van der Waals surface area contributed by atoms with Crippen molar-refractivity contribution in [1.82, 2.24) is 20.3 Å². The van der Waals surface area contributed by atoms with Gasteiger partial charge in [0, 0.05) is 7.05 Å². The molecule has 1 aromatic heterocycles. The Bertz CT molecular complexity index is 290. The Morgan fingerprint density at radius 2 is 2.38 bits per heavy atom. The van der Waals surface area contributed by atoms with Gasteiger partial charge in [0.1, 0.15) is 5.69 Å². The standard InChI is InChI=1S/C7H11BrN4O/c1-3-9-4-5(13)6-7(8)10-11-12(6)2/h9H,3-4H2,1-2H3. The van der Waals surface area contributed by atoms with E-state index in [1.807, 2.05) is 6.92 Å². The van der Waals surface area contributed by atoms with Crippen LogP contribution in [0.25, 0.3) is 0 Å². The largest absolute Gasteiger partial charge is 0.310 e. The van der Waals surface area contributed by atoms with Gasteiger partial charge in [0.15, 0.2) is 10.4 Å². The molecule has 5 nitrogen and oxygen atoms in total. The molecule has 0 bridgehead atoms. The summed E-state index contributed by atoms with van der Waals surface area (Å²) in [5.41, 5.74) is 0.501. The molecule has 6 heteroatoms. The number of aryl methyl sites for hydroxylation is 1. The van der Waals surface area contributed by atoms with E-state index >= 15 is 0 Å². The topological polar surface area (TPSA) is 59.8 Å². The lowest BCUT2D eigenvalue weighted by Crippen LogP contribution is -2.24. The van der Waals surface area contributed by atoms with Gasteiger partial charge in [-0.1, -0.05) is 12.1 Å². The second-order valence-corrected chi connectivity index (χ2v) is 3.31. The Morgan fingerprint density at radius 3 is 2.85 bits per heavy atom. The van der Waals surface area contributed by atoms with Crippen LogP contribution in [0, 0.1) is 0 Å². The molecule has 0 aliphatic heterocycles. The molecule has 0 saturated carbocycles. The van der Waals surface area contributed by atoms with Gasteiger partial charge in [-0.15, -0.1) is 5.10 Å². The number of nitrogens with one attached hydrogen (secondary N) is 1. The third-order valence-electron chi connectivity index (χ3n) is 1.59. The molecule has 13 heavy (non-hydrogen) atoms. The maximum atomic E-state index is 11.5. The van der Waals surface area contributed by atoms with Gasteiger partial charge >= 0.3 is 0 Å². The number of Topliss-reactive ketones (excluding diaryl/α,β-unsaturated/α-hetero) is 1. The first-order chi connectivity index (χ1) is 6.16. The highest BCUT2D eigenvalue weighted by molar-refractivity contribution is 9.10. The number of hydrogen-bond acceptors (Lipinski definition) is 4. The second-order valence-electron chi connectivity index (χ2n) is 2.56. The quantitative estimate of drug-likeness (QED) is 0.781. The predicted molar refractivity (Wildman–Crippen MR) is 51.6 cm³/mol. The zero-order valence-corrected chi connectivity index (χ0v) is 9.13. The molecule has 1 heterocycles. The molecule has 72 valence electrons. The number of carbonyl (C=O) groups is 1. The Morgan fingerprint density at radius 1 is 1.69 bits per heavy atom. The van der Waals surface area contributed by atoms with Crippen molar-refractivity contribution in [2.75, 3.05) is 13.1 Å². The summed E-state index contributed by atoms with van der Waals surface area (Å²) in [6.45, 7) is 3.04. The molecule has 0 unspecified atom stereocenters. The van der Waals surface area contributed by atoms with E-state index in [0.29, 0.717) is 16.8 Å². The average Bonchev–Trinajstić information content (AvgIpc) is 2.42. The van der Waals surface area contributed by atoms with Crippen LogP contribution in [0.3, 0.4) is 0 Å². The first-order valence-corrected chi connectivity index (χ1v) is 4.75. The summed E-state index contributed by atoms with van der Waals surface area (Å²) in [7, 11) is 1.69. The molecule has 0 aliphatic carbocycles. The SMILES string of the molecule is CCNCC(=O)c1c(Br)nnn1C. The number of aromatic nitrogens is 3. The lowest BCUT2D eigenvalue weighted by Gasteiger charge is -2.00. The third-order valence-corrected chi connectivity index (χ3v) is 2.12. The van der Waals surface area contributed by atoms with Crippen LogP contribution in [-0.4, -0.2) is 33.9 Å². The van der Waals surface area contributed by atoms with E-state index in [0.717, 1.165) is 6.54 Å². The van der Waals surface area contributed by atoms with Gasteiger partial charge in [0.25, 0.3) is 0 Å². The molecule has 0 saturated heterocycles. The van der Waals surface area contributed by atoms with Crippen molar-refractivity contribution in [2.45, 2.75) is 6.92 Å². The molecule has 0 aliphatic rings. The fourth-order valence-corrected chi connectivity index (χ4v) is 1.50. The van der Waals surface area contributed by atoms with Crippen LogP contribution in [0.4, 0.5) is 0 Å². The van der Waals surface area contributed by atoms with Crippen LogP contribution in [-0.2, 0) is 7.05 Å². The van der Waals surface area contributed by atoms with Gasteiger partial charge in [0.2, 0.25) is 0 Å². The summed E-state index contributed by atoms with van der Waals surface area (Å²) < 4.78 is 1.96. The van der Waals surface area contributed by atoms with Gasteiger partial charge in [-0.2, -0.15) is 0 Å². The van der Waals surface area contributed by atoms with Crippen LogP contribution in [0.2, 0.25) is 0 Å². The minimum atomic E-state index is -0.0128. The highest BCUT2D eigenvalue weighted by Gasteiger charge is 2.15. The Hall–Kier alpha value is -0.750.